The van der Waals surface area contributed by atoms with Gasteiger partial charge in [0.05, 0.1) is 18.3 Å². The first-order chi connectivity index (χ1) is 13.5. The van der Waals surface area contributed by atoms with E-state index >= 15 is 0 Å². The Bertz CT molecular complexity index is 951. The van der Waals surface area contributed by atoms with Crippen molar-refractivity contribution in [1.29, 1.82) is 0 Å². The Balaban J connectivity index is 1.58. The minimum atomic E-state index is -0.254. The van der Waals surface area contributed by atoms with Crippen molar-refractivity contribution in [3.05, 3.63) is 77.9 Å². The molecule has 7 heteroatoms. The SMILES string of the molecule is Cc1cccc(C(=O)NCC(=O)N(C)[C@@H](C)c2ccc(-n3cncn3)cc2)c1. The second-order valence-electron chi connectivity index (χ2n) is 6.66. The van der Waals surface area contributed by atoms with E-state index in [2.05, 4.69) is 15.4 Å². The molecular formula is C21H23N5O2. The van der Waals surface area contributed by atoms with Crippen LogP contribution < -0.4 is 5.32 Å². The first-order valence-corrected chi connectivity index (χ1v) is 9.01. The van der Waals surface area contributed by atoms with Gasteiger partial charge in [0.15, 0.2) is 0 Å². The summed E-state index contributed by atoms with van der Waals surface area (Å²) < 4.78 is 1.67. The van der Waals surface area contributed by atoms with Gasteiger partial charge in [-0.3, -0.25) is 9.59 Å². The Kier molecular flexibility index (Phi) is 5.84. The maximum atomic E-state index is 12.5. The summed E-state index contributed by atoms with van der Waals surface area (Å²) >= 11 is 0. The Morgan fingerprint density at radius 2 is 1.93 bits per heavy atom. The third kappa shape index (κ3) is 4.43. The molecule has 2 amide bonds. The van der Waals surface area contributed by atoms with Gasteiger partial charge in [0.2, 0.25) is 5.91 Å². The molecule has 0 fully saturated rings. The fraction of sp³-hybridized carbons (Fsp3) is 0.238. The van der Waals surface area contributed by atoms with E-state index in [-0.39, 0.29) is 24.4 Å². The number of aromatic nitrogens is 3. The smallest absolute Gasteiger partial charge is 0.251 e. The molecule has 28 heavy (non-hydrogen) atoms. The first kappa shape index (κ1) is 19.3. The number of hydrogen-bond donors (Lipinski definition) is 1. The van der Waals surface area contributed by atoms with Crippen LogP contribution in [0.25, 0.3) is 5.69 Å². The zero-order valence-corrected chi connectivity index (χ0v) is 16.2. The van der Waals surface area contributed by atoms with Gasteiger partial charge < -0.3 is 10.2 Å². The van der Waals surface area contributed by atoms with E-state index in [9.17, 15) is 9.59 Å². The van der Waals surface area contributed by atoms with Crippen molar-refractivity contribution in [2.24, 2.45) is 0 Å². The number of hydrogen-bond acceptors (Lipinski definition) is 4. The lowest BCUT2D eigenvalue weighted by Gasteiger charge is -2.25. The van der Waals surface area contributed by atoms with Crippen LogP contribution in [0.2, 0.25) is 0 Å². The van der Waals surface area contributed by atoms with Gasteiger partial charge in [-0.05, 0) is 43.7 Å². The molecule has 0 saturated heterocycles. The van der Waals surface area contributed by atoms with Crippen LogP contribution in [-0.2, 0) is 4.79 Å². The zero-order chi connectivity index (χ0) is 20.1. The largest absolute Gasteiger partial charge is 0.343 e. The lowest BCUT2D eigenvalue weighted by molar-refractivity contribution is -0.130. The van der Waals surface area contributed by atoms with Crippen LogP contribution >= 0.6 is 0 Å². The quantitative estimate of drug-likeness (QED) is 0.716. The summed E-state index contributed by atoms with van der Waals surface area (Å²) in [5.74, 6) is -0.413. The van der Waals surface area contributed by atoms with E-state index in [0.29, 0.717) is 5.56 Å². The van der Waals surface area contributed by atoms with Gasteiger partial charge in [0.1, 0.15) is 12.7 Å². The van der Waals surface area contributed by atoms with Crippen molar-refractivity contribution < 1.29 is 9.59 Å². The van der Waals surface area contributed by atoms with Crippen molar-refractivity contribution >= 4 is 11.8 Å². The van der Waals surface area contributed by atoms with Gasteiger partial charge >= 0.3 is 0 Å². The summed E-state index contributed by atoms with van der Waals surface area (Å²) in [6.07, 6.45) is 3.11. The van der Waals surface area contributed by atoms with Crippen LogP contribution in [0, 0.1) is 6.92 Å². The highest BCUT2D eigenvalue weighted by Crippen LogP contribution is 2.20. The number of nitrogens with one attached hydrogen (secondary N) is 1. The highest BCUT2D eigenvalue weighted by Gasteiger charge is 2.18. The standard InChI is InChI=1S/C21H23N5O2/c1-15-5-4-6-18(11-15)21(28)23-12-20(27)25(3)16(2)17-7-9-19(10-8-17)26-14-22-13-24-26/h4-11,13-14,16H,12H2,1-3H3,(H,23,28)/t16-/m0/s1. The van der Waals surface area contributed by atoms with Crippen LogP contribution in [0.15, 0.2) is 61.2 Å². The van der Waals surface area contributed by atoms with Gasteiger partial charge in [0.25, 0.3) is 5.91 Å². The minimum Gasteiger partial charge on any atom is -0.343 e. The van der Waals surface area contributed by atoms with Crippen molar-refractivity contribution in [1.82, 2.24) is 25.0 Å². The molecule has 0 spiro atoms. The third-order valence-electron chi connectivity index (χ3n) is 4.71. The van der Waals surface area contributed by atoms with E-state index in [1.54, 1.807) is 35.1 Å². The molecule has 0 aliphatic carbocycles. The molecule has 0 radical (unpaired) electrons. The molecule has 1 N–H and O–H groups in total. The average Bonchev–Trinajstić information content (AvgIpc) is 3.25. The van der Waals surface area contributed by atoms with E-state index in [0.717, 1.165) is 16.8 Å². The summed E-state index contributed by atoms with van der Waals surface area (Å²) in [4.78, 5) is 30.3. The molecule has 144 valence electrons. The van der Waals surface area contributed by atoms with Gasteiger partial charge in [0, 0.05) is 12.6 Å². The lowest BCUT2D eigenvalue weighted by Crippen LogP contribution is -2.39. The van der Waals surface area contributed by atoms with E-state index < -0.39 is 0 Å². The van der Waals surface area contributed by atoms with E-state index in [1.165, 1.54) is 6.33 Å². The molecule has 0 aliphatic rings. The molecule has 1 heterocycles. The minimum absolute atomic E-state index is 0.0509. The number of aryl methyl sites for hydroxylation is 1. The fourth-order valence-electron chi connectivity index (χ4n) is 2.86. The number of carbonyl (C=O) groups is 2. The Labute approximate surface area is 164 Å². The number of rotatable bonds is 6. The summed E-state index contributed by atoms with van der Waals surface area (Å²) in [5.41, 5.74) is 3.43. The molecule has 0 aliphatic heterocycles. The summed E-state index contributed by atoms with van der Waals surface area (Å²) in [7, 11) is 1.73. The monoisotopic (exact) mass is 377 g/mol. The molecule has 1 atom stereocenters. The fourth-order valence-corrected chi connectivity index (χ4v) is 2.86. The molecular weight excluding hydrogens is 354 g/mol. The van der Waals surface area contributed by atoms with Crippen molar-refractivity contribution in [3.63, 3.8) is 0 Å². The maximum Gasteiger partial charge on any atom is 0.251 e. The van der Waals surface area contributed by atoms with Gasteiger partial charge in [-0.25, -0.2) is 9.67 Å². The number of carbonyl (C=O) groups excluding carboxylic acids is 2. The average molecular weight is 377 g/mol. The number of nitrogens with zero attached hydrogens (tertiary/aromatic N) is 4. The summed E-state index contributed by atoms with van der Waals surface area (Å²) in [6, 6.07) is 14.9. The lowest BCUT2D eigenvalue weighted by atomic mass is 10.1. The summed E-state index contributed by atoms with van der Waals surface area (Å²) in [6.45, 7) is 3.82. The number of benzene rings is 2. The first-order valence-electron chi connectivity index (χ1n) is 9.01. The van der Waals surface area contributed by atoms with Crippen LogP contribution in [0.3, 0.4) is 0 Å². The van der Waals surface area contributed by atoms with Crippen LogP contribution in [-0.4, -0.2) is 45.1 Å². The van der Waals surface area contributed by atoms with Crippen LogP contribution in [0.1, 0.15) is 34.5 Å². The molecule has 0 saturated carbocycles. The number of likely N-dealkylation sites (N-methyl/N-ethyl adjacent to an activating group) is 1. The second kappa shape index (κ2) is 8.47. The van der Waals surface area contributed by atoms with Crippen LogP contribution in [0.4, 0.5) is 0 Å². The molecule has 3 aromatic rings. The van der Waals surface area contributed by atoms with Crippen molar-refractivity contribution in [3.8, 4) is 5.69 Å². The normalized spacial score (nSPS) is 11.7. The molecule has 0 bridgehead atoms. The predicted octanol–water partition coefficient (Wildman–Crippen LogP) is 2.53. The van der Waals surface area contributed by atoms with Gasteiger partial charge in [-0.2, -0.15) is 5.10 Å². The molecule has 7 nitrogen and oxygen atoms in total. The Hall–Kier alpha value is -3.48. The highest BCUT2D eigenvalue weighted by molar-refractivity contribution is 5.96. The van der Waals surface area contributed by atoms with Gasteiger partial charge in [-0.15, -0.1) is 0 Å². The predicted molar refractivity (Wildman–Crippen MR) is 106 cm³/mol. The zero-order valence-electron chi connectivity index (χ0n) is 16.2. The van der Waals surface area contributed by atoms with Crippen molar-refractivity contribution in [2.45, 2.75) is 19.9 Å². The number of amides is 2. The maximum absolute atomic E-state index is 12.5. The molecule has 0 unspecified atom stereocenters. The van der Waals surface area contributed by atoms with E-state index in [1.807, 2.05) is 50.2 Å². The second-order valence-corrected chi connectivity index (χ2v) is 6.66. The topological polar surface area (TPSA) is 80.1 Å². The molecule has 3 rings (SSSR count). The molecule has 2 aromatic carbocycles. The van der Waals surface area contributed by atoms with E-state index in [4.69, 9.17) is 0 Å². The Morgan fingerprint density at radius 1 is 1.18 bits per heavy atom. The Morgan fingerprint density at radius 3 is 2.57 bits per heavy atom. The van der Waals surface area contributed by atoms with Crippen molar-refractivity contribution in [2.75, 3.05) is 13.6 Å². The molecule has 1 aromatic heterocycles. The third-order valence-corrected chi connectivity index (χ3v) is 4.71. The van der Waals surface area contributed by atoms with Crippen LogP contribution in [0.5, 0.6) is 0 Å². The summed E-state index contributed by atoms with van der Waals surface area (Å²) in [5, 5.41) is 6.79. The van der Waals surface area contributed by atoms with Gasteiger partial charge in [-0.1, -0.05) is 29.8 Å². The highest BCUT2D eigenvalue weighted by atomic mass is 16.2.